The summed E-state index contributed by atoms with van der Waals surface area (Å²) in [6, 6.07) is 0. The van der Waals surface area contributed by atoms with Gasteiger partial charge in [0.25, 0.3) is 0 Å². The van der Waals surface area contributed by atoms with Crippen molar-refractivity contribution < 1.29 is 48.0 Å². The van der Waals surface area contributed by atoms with Gasteiger partial charge in [-0.1, -0.05) is 0 Å². The van der Waals surface area contributed by atoms with Crippen LogP contribution in [0.25, 0.3) is 0 Å². The van der Waals surface area contributed by atoms with E-state index < -0.39 is 29.9 Å². The molecule has 5 atom stereocenters. The summed E-state index contributed by atoms with van der Waals surface area (Å²) in [5.41, 5.74) is -0.842. The van der Waals surface area contributed by atoms with Crippen LogP contribution in [0.15, 0.2) is 0 Å². The van der Waals surface area contributed by atoms with Crippen molar-refractivity contribution in [2.45, 2.75) is 31.8 Å². The zero-order valence-corrected chi connectivity index (χ0v) is 12.5. The van der Waals surface area contributed by atoms with E-state index in [1.807, 2.05) is 0 Å². The van der Waals surface area contributed by atoms with E-state index in [0.717, 1.165) is 6.42 Å². The second-order valence-corrected chi connectivity index (χ2v) is 5.70. The molecule has 5 unspecified atom stereocenters. The van der Waals surface area contributed by atoms with Crippen LogP contribution >= 0.6 is 0 Å². The van der Waals surface area contributed by atoms with Gasteiger partial charge in [-0.25, -0.2) is 0 Å². The van der Waals surface area contributed by atoms with Crippen LogP contribution in [-0.2, 0) is 34.1 Å². The van der Waals surface area contributed by atoms with Crippen molar-refractivity contribution in [3.8, 4) is 0 Å². The average molecular weight is 449 g/mol. The number of aliphatic carboxylic acids is 1. The number of carboxylic acid groups (broad SMARTS) is 1. The standard InChI is InChI=1S/C12H13F2O4.Os/c13-9(14)10(15)18-8-6-1-5-2-7(8)12(3-5,4-6)11(16)17;/h5-8H,1-4H2,(H,16,17);/q-1;. The molecule has 0 heterocycles. The van der Waals surface area contributed by atoms with Crippen LogP contribution in [-0.4, -0.2) is 23.1 Å². The molecule has 0 aromatic heterocycles. The summed E-state index contributed by atoms with van der Waals surface area (Å²) in [5, 5.41) is 9.38. The predicted octanol–water partition coefficient (Wildman–Crippen LogP) is 1.84. The molecule has 7 heteroatoms. The molecule has 0 aromatic carbocycles. The molecule has 0 radical (unpaired) electrons. The van der Waals surface area contributed by atoms with Gasteiger partial charge in [-0.3, -0.25) is 9.59 Å². The van der Waals surface area contributed by atoms with Crippen LogP contribution in [0.3, 0.4) is 0 Å². The van der Waals surface area contributed by atoms with E-state index in [1.54, 1.807) is 0 Å². The largest absolute Gasteiger partial charge is 0.481 e. The molecule has 4 rings (SSSR count). The first-order chi connectivity index (χ1) is 8.44. The first-order valence-corrected chi connectivity index (χ1v) is 6.06. The Morgan fingerprint density at radius 1 is 1.26 bits per heavy atom. The molecule has 4 fully saturated rings. The SMILES string of the molecule is O=C(OC1C2CC3CC1C(C(=O)O)(C3)C2)[C-](F)F.[Os]. The molecule has 0 saturated heterocycles. The smallest absolute Gasteiger partial charge is 0.310 e. The van der Waals surface area contributed by atoms with Crippen molar-refractivity contribution in [3.05, 3.63) is 6.43 Å². The van der Waals surface area contributed by atoms with Crippen LogP contribution in [0, 0.1) is 29.6 Å². The van der Waals surface area contributed by atoms with Crippen molar-refractivity contribution in [2.24, 2.45) is 23.2 Å². The molecule has 0 amide bonds. The summed E-state index contributed by atoms with van der Waals surface area (Å²) < 4.78 is 29.1. The molecule has 19 heavy (non-hydrogen) atoms. The number of carbonyl (C=O) groups is 2. The van der Waals surface area contributed by atoms with Gasteiger partial charge in [-0.15, -0.1) is 0 Å². The van der Waals surface area contributed by atoms with Gasteiger partial charge in [0.2, 0.25) is 5.97 Å². The minimum atomic E-state index is -2.36. The molecule has 4 bridgehead atoms. The monoisotopic (exact) mass is 451 g/mol. The van der Waals surface area contributed by atoms with Gasteiger partial charge in [0.1, 0.15) is 6.10 Å². The number of rotatable bonds is 3. The number of carbonyl (C=O) groups excluding carboxylic acids is 1. The van der Waals surface area contributed by atoms with Gasteiger partial charge in [-0.05, 0) is 37.5 Å². The minimum Gasteiger partial charge on any atom is -0.481 e. The Hall–Kier alpha value is -0.694. The molecule has 0 spiro atoms. The topological polar surface area (TPSA) is 63.6 Å². The van der Waals surface area contributed by atoms with Gasteiger partial charge in [0.05, 0.1) is 5.41 Å². The fraction of sp³-hybridized carbons (Fsp3) is 0.750. The normalized spacial score (nSPS) is 41.8. The van der Waals surface area contributed by atoms with Crippen molar-refractivity contribution >= 4 is 11.9 Å². The second-order valence-electron chi connectivity index (χ2n) is 5.70. The molecular weight excluding hydrogens is 436 g/mol. The number of ether oxygens (including phenoxy) is 1. The van der Waals surface area contributed by atoms with E-state index in [4.69, 9.17) is 4.74 Å². The fourth-order valence-electron chi connectivity index (χ4n) is 4.44. The number of esters is 1. The molecule has 1 N–H and O–H groups in total. The quantitative estimate of drug-likeness (QED) is 0.528. The number of carboxylic acids is 1. The molecule has 4 saturated carbocycles. The number of hydrogen-bond donors (Lipinski definition) is 1. The molecular formula is C12H13F2O4Os-. The maximum atomic E-state index is 12.1. The summed E-state index contributed by atoms with van der Waals surface area (Å²) in [5.74, 6) is -2.48. The molecule has 0 aromatic rings. The maximum Gasteiger partial charge on any atom is 0.310 e. The Balaban J connectivity index is 0.00000133. The van der Waals surface area contributed by atoms with Crippen molar-refractivity contribution in [1.29, 1.82) is 0 Å². The maximum absolute atomic E-state index is 12.1. The Kier molecular flexibility index (Phi) is 3.64. The first kappa shape index (κ1) is 14.7. The Morgan fingerprint density at radius 3 is 2.53 bits per heavy atom. The van der Waals surface area contributed by atoms with Crippen LogP contribution in [0.2, 0.25) is 0 Å². The Bertz CT molecular complexity index is 417. The molecule has 108 valence electrons. The summed E-state index contributed by atoms with van der Waals surface area (Å²) >= 11 is 0. The molecule has 4 nitrogen and oxygen atoms in total. The summed E-state index contributed by atoms with van der Waals surface area (Å²) in [6.07, 6.45) is -0.494. The predicted molar refractivity (Wildman–Crippen MR) is 54.3 cm³/mol. The molecule has 0 aliphatic heterocycles. The first-order valence-electron chi connectivity index (χ1n) is 6.06. The van der Waals surface area contributed by atoms with Gasteiger partial charge in [-0.2, -0.15) is 0 Å². The van der Waals surface area contributed by atoms with E-state index >= 15 is 0 Å². The summed E-state index contributed by atoms with van der Waals surface area (Å²) in [6.45, 7) is 0. The van der Waals surface area contributed by atoms with Crippen molar-refractivity contribution in [3.63, 3.8) is 0 Å². The second kappa shape index (κ2) is 4.70. The summed E-state index contributed by atoms with van der Waals surface area (Å²) in [4.78, 5) is 22.4. The van der Waals surface area contributed by atoms with E-state index in [1.165, 1.54) is 0 Å². The van der Waals surface area contributed by atoms with E-state index in [0.29, 0.717) is 25.2 Å². The van der Waals surface area contributed by atoms with Gasteiger partial charge >= 0.3 is 5.97 Å². The Morgan fingerprint density at radius 2 is 1.95 bits per heavy atom. The number of halogens is 2. The van der Waals surface area contributed by atoms with Crippen molar-refractivity contribution in [1.82, 2.24) is 0 Å². The number of hydrogen-bond acceptors (Lipinski definition) is 3. The molecule has 4 aliphatic carbocycles. The third kappa shape index (κ3) is 1.98. The third-order valence-corrected chi connectivity index (χ3v) is 4.90. The van der Waals surface area contributed by atoms with Gasteiger partial charge < -0.3 is 18.6 Å². The zero-order chi connectivity index (χ0) is 13.1. The van der Waals surface area contributed by atoms with Gasteiger partial charge in [0, 0.05) is 32.1 Å². The third-order valence-electron chi connectivity index (χ3n) is 4.90. The van der Waals surface area contributed by atoms with E-state index in [9.17, 15) is 23.5 Å². The Labute approximate surface area is 121 Å². The fourth-order valence-corrected chi connectivity index (χ4v) is 4.44. The van der Waals surface area contributed by atoms with Gasteiger partial charge in [0.15, 0.2) is 0 Å². The zero-order valence-electron chi connectivity index (χ0n) is 9.92. The van der Waals surface area contributed by atoms with Crippen LogP contribution in [0.4, 0.5) is 8.78 Å². The van der Waals surface area contributed by atoms with E-state index in [-0.39, 0.29) is 31.6 Å². The van der Waals surface area contributed by atoms with Crippen LogP contribution < -0.4 is 0 Å². The van der Waals surface area contributed by atoms with Crippen LogP contribution in [0.5, 0.6) is 0 Å². The van der Waals surface area contributed by atoms with Crippen LogP contribution in [0.1, 0.15) is 25.7 Å². The minimum absolute atomic E-state index is 0. The average Bonchev–Trinajstić information content (AvgIpc) is 2.67. The van der Waals surface area contributed by atoms with Crippen molar-refractivity contribution in [2.75, 3.05) is 0 Å². The summed E-state index contributed by atoms with van der Waals surface area (Å²) in [7, 11) is 0. The van der Waals surface area contributed by atoms with E-state index in [2.05, 4.69) is 0 Å². The molecule has 4 aliphatic rings.